The fraction of sp³-hybridized carbons (Fsp3) is 0.222. The van der Waals surface area contributed by atoms with Crippen LogP contribution in [0.4, 0.5) is 5.69 Å². The lowest BCUT2D eigenvalue weighted by Crippen LogP contribution is -1.86. The van der Waals surface area contributed by atoms with E-state index in [4.69, 9.17) is 5.73 Å². The lowest BCUT2D eigenvalue weighted by molar-refractivity contribution is 1.14. The Hall–Kier alpha value is -1.14. The molecule has 0 saturated heterocycles. The molecule has 0 saturated carbocycles. The second-order valence-corrected chi connectivity index (χ2v) is 3.14. The zero-order chi connectivity index (χ0) is 8.81. The van der Waals surface area contributed by atoms with Crippen molar-refractivity contribution in [1.29, 1.82) is 0 Å². The Balaban J connectivity index is 2.51. The van der Waals surface area contributed by atoms with Crippen molar-refractivity contribution in [3.05, 3.63) is 18.3 Å². The van der Waals surface area contributed by atoms with Crippen LogP contribution in [0.3, 0.4) is 0 Å². The summed E-state index contributed by atoms with van der Waals surface area (Å²) in [5.41, 5.74) is 6.18. The summed E-state index contributed by atoms with van der Waals surface area (Å²) in [6, 6.07) is 3.74. The van der Waals surface area contributed by atoms with Gasteiger partial charge < -0.3 is 5.73 Å². The lowest BCUT2D eigenvalue weighted by Gasteiger charge is -1.95. The first kappa shape index (κ1) is 8.95. The molecule has 0 aliphatic heterocycles. The molecule has 1 heterocycles. The standard InChI is InChI=1S/C9H10N2S/c1-2-3-6-12-9-5-4-8(10)7-11-9/h4-5,7H,6,10H2,1H3. The molecule has 0 amide bonds. The molecule has 0 aliphatic rings. The summed E-state index contributed by atoms with van der Waals surface area (Å²) < 4.78 is 0. The molecule has 0 aliphatic carbocycles. The minimum absolute atomic E-state index is 0.695. The molecule has 0 bridgehead atoms. The van der Waals surface area contributed by atoms with Crippen molar-refractivity contribution in [2.75, 3.05) is 11.5 Å². The van der Waals surface area contributed by atoms with Crippen LogP contribution >= 0.6 is 11.8 Å². The van der Waals surface area contributed by atoms with Crippen LogP contribution < -0.4 is 5.73 Å². The topological polar surface area (TPSA) is 38.9 Å². The van der Waals surface area contributed by atoms with E-state index in [1.165, 1.54) is 0 Å². The van der Waals surface area contributed by atoms with Crippen LogP contribution in [-0.4, -0.2) is 10.7 Å². The fourth-order valence-corrected chi connectivity index (χ4v) is 1.32. The molecule has 0 fully saturated rings. The largest absolute Gasteiger partial charge is 0.397 e. The predicted octanol–water partition coefficient (Wildman–Crippen LogP) is 1.78. The van der Waals surface area contributed by atoms with Crippen molar-refractivity contribution in [2.45, 2.75) is 11.9 Å². The van der Waals surface area contributed by atoms with Crippen LogP contribution in [0, 0.1) is 11.8 Å². The summed E-state index contributed by atoms with van der Waals surface area (Å²) in [7, 11) is 0. The van der Waals surface area contributed by atoms with Crippen LogP contribution in [0.1, 0.15) is 6.92 Å². The Morgan fingerprint density at radius 3 is 3.00 bits per heavy atom. The lowest BCUT2D eigenvalue weighted by atomic mass is 10.4. The summed E-state index contributed by atoms with van der Waals surface area (Å²) >= 11 is 1.61. The van der Waals surface area contributed by atoms with Gasteiger partial charge in [0.15, 0.2) is 0 Å². The van der Waals surface area contributed by atoms with Crippen molar-refractivity contribution in [2.24, 2.45) is 0 Å². The molecular formula is C9H10N2S. The SMILES string of the molecule is CC#CCSc1ccc(N)cn1. The van der Waals surface area contributed by atoms with Gasteiger partial charge in [0.25, 0.3) is 0 Å². The Morgan fingerprint density at radius 2 is 2.42 bits per heavy atom. The summed E-state index contributed by atoms with van der Waals surface area (Å²) in [6.07, 6.45) is 1.65. The molecule has 0 radical (unpaired) electrons. The smallest absolute Gasteiger partial charge is 0.0970 e. The van der Waals surface area contributed by atoms with E-state index < -0.39 is 0 Å². The summed E-state index contributed by atoms with van der Waals surface area (Å²) in [5.74, 6) is 6.56. The van der Waals surface area contributed by atoms with Gasteiger partial charge in [0.2, 0.25) is 0 Å². The number of nitrogens with zero attached hydrogens (tertiary/aromatic N) is 1. The Morgan fingerprint density at radius 1 is 1.58 bits per heavy atom. The normalized spacial score (nSPS) is 8.75. The van der Waals surface area contributed by atoms with E-state index in [1.54, 1.807) is 18.0 Å². The first-order chi connectivity index (χ1) is 5.83. The van der Waals surface area contributed by atoms with E-state index in [9.17, 15) is 0 Å². The zero-order valence-electron chi connectivity index (χ0n) is 6.87. The fourth-order valence-electron chi connectivity index (χ4n) is 0.659. The van der Waals surface area contributed by atoms with E-state index in [-0.39, 0.29) is 0 Å². The third-order valence-electron chi connectivity index (χ3n) is 1.23. The zero-order valence-corrected chi connectivity index (χ0v) is 7.69. The maximum Gasteiger partial charge on any atom is 0.0970 e. The maximum absolute atomic E-state index is 5.48. The van der Waals surface area contributed by atoms with Gasteiger partial charge in [0.1, 0.15) is 0 Å². The number of anilines is 1. The number of nitrogen functional groups attached to an aromatic ring is 1. The quantitative estimate of drug-likeness (QED) is 0.554. The van der Waals surface area contributed by atoms with Gasteiger partial charge in [-0.15, -0.1) is 5.92 Å². The van der Waals surface area contributed by atoms with Gasteiger partial charge in [0.05, 0.1) is 22.7 Å². The molecule has 1 rings (SSSR count). The molecule has 0 spiro atoms. The minimum atomic E-state index is 0.695. The average molecular weight is 178 g/mol. The summed E-state index contributed by atoms with van der Waals surface area (Å²) in [4.78, 5) is 4.12. The summed E-state index contributed by atoms with van der Waals surface area (Å²) in [5, 5.41) is 0.965. The number of thioether (sulfide) groups is 1. The van der Waals surface area contributed by atoms with Crippen LogP contribution in [0.2, 0.25) is 0 Å². The van der Waals surface area contributed by atoms with Gasteiger partial charge in [-0.1, -0.05) is 17.7 Å². The molecule has 62 valence electrons. The highest BCUT2D eigenvalue weighted by Gasteiger charge is 1.91. The molecule has 3 heteroatoms. The van der Waals surface area contributed by atoms with Gasteiger partial charge >= 0.3 is 0 Å². The van der Waals surface area contributed by atoms with Crippen LogP contribution in [0.25, 0.3) is 0 Å². The van der Waals surface area contributed by atoms with Crippen molar-refractivity contribution in [1.82, 2.24) is 4.98 Å². The van der Waals surface area contributed by atoms with Crippen molar-refractivity contribution >= 4 is 17.4 Å². The van der Waals surface area contributed by atoms with Gasteiger partial charge in [0, 0.05) is 0 Å². The van der Waals surface area contributed by atoms with Crippen LogP contribution in [0.5, 0.6) is 0 Å². The molecule has 1 aromatic rings. The number of hydrogen-bond acceptors (Lipinski definition) is 3. The number of hydrogen-bond donors (Lipinski definition) is 1. The van der Waals surface area contributed by atoms with E-state index in [0.29, 0.717) is 5.69 Å². The highest BCUT2D eigenvalue weighted by Crippen LogP contribution is 2.14. The molecule has 0 unspecified atom stereocenters. The van der Waals surface area contributed by atoms with E-state index in [2.05, 4.69) is 16.8 Å². The monoisotopic (exact) mass is 178 g/mol. The van der Waals surface area contributed by atoms with E-state index in [1.807, 2.05) is 19.1 Å². The Labute approximate surface area is 76.6 Å². The van der Waals surface area contributed by atoms with Gasteiger partial charge in [-0.05, 0) is 19.1 Å². The third kappa shape index (κ3) is 2.85. The van der Waals surface area contributed by atoms with E-state index >= 15 is 0 Å². The molecular weight excluding hydrogens is 168 g/mol. The van der Waals surface area contributed by atoms with Gasteiger partial charge in [-0.2, -0.15) is 0 Å². The maximum atomic E-state index is 5.48. The Bertz CT molecular complexity index is 295. The van der Waals surface area contributed by atoms with Gasteiger partial charge in [-0.3, -0.25) is 0 Å². The van der Waals surface area contributed by atoms with Crippen LogP contribution in [-0.2, 0) is 0 Å². The highest BCUT2D eigenvalue weighted by atomic mass is 32.2. The molecule has 0 atom stereocenters. The first-order valence-corrected chi connectivity index (χ1v) is 4.55. The Kier molecular flexibility index (Phi) is 3.49. The average Bonchev–Trinajstić information content (AvgIpc) is 2.09. The second-order valence-electron chi connectivity index (χ2n) is 2.15. The minimum Gasteiger partial charge on any atom is -0.397 e. The summed E-state index contributed by atoms with van der Waals surface area (Å²) in [6.45, 7) is 1.83. The van der Waals surface area contributed by atoms with Gasteiger partial charge in [-0.25, -0.2) is 4.98 Å². The molecule has 1 aromatic heterocycles. The molecule has 2 nitrogen and oxygen atoms in total. The molecule has 2 N–H and O–H groups in total. The highest BCUT2D eigenvalue weighted by molar-refractivity contribution is 7.99. The number of aromatic nitrogens is 1. The third-order valence-corrected chi connectivity index (χ3v) is 2.05. The molecule has 0 aromatic carbocycles. The van der Waals surface area contributed by atoms with Crippen molar-refractivity contribution in [3.8, 4) is 11.8 Å². The number of pyridine rings is 1. The molecule has 12 heavy (non-hydrogen) atoms. The van der Waals surface area contributed by atoms with Crippen molar-refractivity contribution in [3.63, 3.8) is 0 Å². The van der Waals surface area contributed by atoms with E-state index in [0.717, 1.165) is 10.8 Å². The second kappa shape index (κ2) is 4.68. The van der Waals surface area contributed by atoms with Crippen molar-refractivity contribution < 1.29 is 0 Å². The number of rotatable bonds is 2. The van der Waals surface area contributed by atoms with Crippen LogP contribution in [0.15, 0.2) is 23.4 Å². The predicted molar refractivity (Wildman–Crippen MR) is 52.8 cm³/mol. The number of nitrogens with two attached hydrogens (primary N) is 1. The first-order valence-electron chi connectivity index (χ1n) is 3.57.